The minimum absolute atomic E-state index is 0. The highest BCUT2D eigenvalue weighted by Gasteiger charge is 2.18. The minimum atomic E-state index is -0.337. The molecule has 0 radical (unpaired) electrons. The molecule has 0 aliphatic heterocycles. The Morgan fingerprint density at radius 3 is 2.72 bits per heavy atom. The molecule has 2 aromatic heterocycles. The summed E-state index contributed by atoms with van der Waals surface area (Å²) in [7, 11) is 0. The van der Waals surface area contributed by atoms with Gasteiger partial charge < -0.3 is 20.8 Å². The number of halogens is 1. The fourth-order valence-corrected chi connectivity index (χ4v) is 3.27. The second-order valence-corrected chi connectivity index (χ2v) is 6.65. The maximum absolute atomic E-state index is 12.4. The molecule has 1 unspecified atom stereocenters. The molecule has 0 aliphatic carbocycles. The highest BCUT2D eigenvalue weighted by Crippen LogP contribution is 2.27. The number of aryl methyl sites for hydroxylation is 1. The molecule has 1 atom stereocenters. The number of anilines is 1. The average molecular weight is 386 g/mol. The number of hydrogen-bond acceptors (Lipinski definition) is 5. The Balaban J connectivity index is 0.00000312. The van der Waals surface area contributed by atoms with Crippen LogP contribution in [0.2, 0.25) is 0 Å². The van der Waals surface area contributed by atoms with Crippen molar-refractivity contribution in [1.29, 1.82) is 0 Å². The van der Waals surface area contributed by atoms with Crippen LogP contribution < -0.4 is 16.4 Å². The number of carbonyl (C=O) groups excluding carboxylic acids is 2. The highest BCUT2D eigenvalue weighted by atomic mass is 35.5. The first-order valence-corrected chi connectivity index (χ1v) is 8.83. The van der Waals surface area contributed by atoms with E-state index in [0.29, 0.717) is 16.4 Å². The molecule has 8 heteroatoms. The van der Waals surface area contributed by atoms with Crippen molar-refractivity contribution in [2.24, 2.45) is 5.73 Å². The van der Waals surface area contributed by atoms with E-state index in [4.69, 9.17) is 10.2 Å². The van der Waals surface area contributed by atoms with Crippen molar-refractivity contribution in [3.05, 3.63) is 40.7 Å². The Kier molecular flexibility index (Phi) is 8.68. The van der Waals surface area contributed by atoms with Crippen LogP contribution in [0.25, 0.3) is 0 Å². The van der Waals surface area contributed by atoms with Gasteiger partial charge in [0.05, 0.1) is 16.1 Å². The molecule has 0 aliphatic rings. The molecule has 6 nitrogen and oxygen atoms in total. The van der Waals surface area contributed by atoms with Gasteiger partial charge in [0.15, 0.2) is 5.76 Å². The SMILES string of the molecule is CCCCC(CN)NC(=O)c1sc(NC(=O)c2ccco2)cc1C.Cl. The lowest BCUT2D eigenvalue weighted by atomic mass is 10.1. The van der Waals surface area contributed by atoms with Crippen LogP contribution in [0.5, 0.6) is 0 Å². The number of nitrogens with two attached hydrogens (primary N) is 1. The summed E-state index contributed by atoms with van der Waals surface area (Å²) in [6.07, 6.45) is 4.39. The van der Waals surface area contributed by atoms with Gasteiger partial charge in [-0.05, 0) is 37.1 Å². The molecule has 4 N–H and O–H groups in total. The topological polar surface area (TPSA) is 97.4 Å². The van der Waals surface area contributed by atoms with E-state index in [1.54, 1.807) is 18.2 Å². The van der Waals surface area contributed by atoms with Crippen molar-refractivity contribution in [1.82, 2.24) is 5.32 Å². The molecule has 0 saturated carbocycles. The van der Waals surface area contributed by atoms with E-state index >= 15 is 0 Å². The van der Waals surface area contributed by atoms with Gasteiger partial charge in [-0.25, -0.2) is 0 Å². The number of nitrogens with one attached hydrogen (secondary N) is 2. The van der Waals surface area contributed by atoms with Crippen LogP contribution in [0.1, 0.15) is 52.0 Å². The first-order valence-electron chi connectivity index (χ1n) is 8.01. The van der Waals surface area contributed by atoms with Crippen LogP contribution in [0.3, 0.4) is 0 Å². The van der Waals surface area contributed by atoms with E-state index in [1.807, 2.05) is 6.92 Å². The van der Waals surface area contributed by atoms with Crippen molar-refractivity contribution in [3.63, 3.8) is 0 Å². The molecule has 0 aromatic carbocycles. The normalized spacial score (nSPS) is 11.5. The number of amides is 2. The zero-order chi connectivity index (χ0) is 17.5. The fraction of sp³-hybridized carbons (Fsp3) is 0.412. The van der Waals surface area contributed by atoms with Crippen LogP contribution in [0.15, 0.2) is 28.9 Å². The van der Waals surface area contributed by atoms with E-state index in [2.05, 4.69) is 17.6 Å². The highest BCUT2D eigenvalue weighted by molar-refractivity contribution is 7.18. The predicted octanol–water partition coefficient (Wildman–Crippen LogP) is 3.57. The zero-order valence-corrected chi connectivity index (χ0v) is 16.0. The standard InChI is InChI=1S/C17H23N3O3S.ClH/c1-3-4-6-12(10-18)19-17(22)15-11(2)9-14(24-15)20-16(21)13-7-5-8-23-13;/h5,7-9,12H,3-4,6,10,18H2,1-2H3,(H,19,22)(H,20,21);1H. The molecular formula is C17H24ClN3O3S. The van der Waals surface area contributed by atoms with Gasteiger partial charge in [0.1, 0.15) is 0 Å². The smallest absolute Gasteiger partial charge is 0.291 e. The lowest BCUT2D eigenvalue weighted by Crippen LogP contribution is -2.40. The van der Waals surface area contributed by atoms with Crippen LogP contribution in [-0.4, -0.2) is 24.4 Å². The fourth-order valence-electron chi connectivity index (χ4n) is 2.30. The molecule has 0 spiro atoms. The molecule has 2 rings (SSSR count). The van der Waals surface area contributed by atoms with E-state index in [1.165, 1.54) is 17.6 Å². The molecule has 0 bridgehead atoms. The predicted molar refractivity (Wildman–Crippen MR) is 103 cm³/mol. The van der Waals surface area contributed by atoms with Crippen molar-refractivity contribution in [2.75, 3.05) is 11.9 Å². The number of unbranched alkanes of at least 4 members (excludes halogenated alkanes) is 1. The van der Waals surface area contributed by atoms with E-state index in [-0.39, 0.29) is 36.0 Å². The first kappa shape index (κ1) is 21.2. The monoisotopic (exact) mass is 385 g/mol. The summed E-state index contributed by atoms with van der Waals surface area (Å²) < 4.78 is 5.06. The number of thiophene rings is 1. The summed E-state index contributed by atoms with van der Waals surface area (Å²) in [6, 6.07) is 4.99. The van der Waals surface area contributed by atoms with Crippen LogP contribution in [0.4, 0.5) is 5.00 Å². The molecule has 2 aromatic rings. The number of furan rings is 1. The van der Waals surface area contributed by atoms with Crippen molar-refractivity contribution in [2.45, 2.75) is 39.2 Å². The molecule has 0 fully saturated rings. The summed E-state index contributed by atoms with van der Waals surface area (Å²) in [5.41, 5.74) is 6.54. The summed E-state index contributed by atoms with van der Waals surface area (Å²) in [4.78, 5) is 25.0. The van der Waals surface area contributed by atoms with Crippen LogP contribution >= 0.6 is 23.7 Å². The third kappa shape index (κ3) is 5.88. The second-order valence-electron chi connectivity index (χ2n) is 5.60. The van der Waals surface area contributed by atoms with Gasteiger partial charge in [0.25, 0.3) is 11.8 Å². The average Bonchev–Trinajstić information content (AvgIpc) is 3.21. The van der Waals surface area contributed by atoms with Gasteiger partial charge in [-0.2, -0.15) is 0 Å². The number of carbonyl (C=O) groups is 2. The van der Waals surface area contributed by atoms with Gasteiger partial charge >= 0.3 is 0 Å². The summed E-state index contributed by atoms with van der Waals surface area (Å²) in [5, 5.41) is 6.32. The summed E-state index contributed by atoms with van der Waals surface area (Å²) in [6.45, 7) is 4.36. The van der Waals surface area contributed by atoms with Gasteiger partial charge in [-0.3, -0.25) is 9.59 Å². The lowest BCUT2D eigenvalue weighted by Gasteiger charge is -2.16. The largest absolute Gasteiger partial charge is 0.459 e. The summed E-state index contributed by atoms with van der Waals surface area (Å²) >= 11 is 1.24. The molecule has 25 heavy (non-hydrogen) atoms. The quantitative estimate of drug-likeness (QED) is 0.647. The maximum Gasteiger partial charge on any atom is 0.291 e. The Morgan fingerprint density at radius 2 is 2.12 bits per heavy atom. The Labute approximate surface area is 157 Å². The summed E-state index contributed by atoms with van der Waals surface area (Å²) in [5.74, 6) is -0.256. The van der Waals surface area contributed by atoms with E-state index < -0.39 is 0 Å². The third-order valence-corrected chi connectivity index (χ3v) is 4.78. The maximum atomic E-state index is 12.4. The van der Waals surface area contributed by atoms with Gasteiger partial charge in [-0.15, -0.1) is 23.7 Å². The molecule has 2 heterocycles. The van der Waals surface area contributed by atoms with E-state index in [0.717, 1.165) is 24.8 Å². The Morgan fingerprint density at radius 1 is 1.36 bits per heavy atom. The Hall–Kier alpha value is -1.83. The zero-order valence-electron chi connectivity index (χ0n) is 14.3. The van der Waals surface area contributed by atoms with Crippen molar-refractivity contribution >= 4 is 40.6 Å². The first-order chi connectivity index (χ1) is 11.5. The second kappa shape index (κ2) is 10.2. The van der Waals surface area contributed by atoms with Crippen LogP contribution in [-0.2, 0) is 0 Å². The van der Waals surface area contributed by atoms with E-state index in [9.17, 15) is 9.59 Å². The number of rotatable bonds is 8. The molecule has 0 saturated heterocycles. The van der Waals surface area contributed by atoms with Crippen molar-refractivity contribution in [3.8, 4) is 0 Å². The minimum Gasteiger partial charge on any atom is -0.459 e. The van der Waals surface area contributed by atoms with Crippen molar-refractivity contribution < 1.29 is 14.0 Å². The number of hydrogen-bond donors (Lipinski definition) is 3. The Bertz CT molecular complexity index is 685. The van der Waals surface area contributed by atoms with Crippen LogP contribution in [0, 0.1) is 6.92 Å². The molecule has 2 amide bonds. The lowest BCUT2D eigenvalue weighted by molar-refractivity contribution is 0.0938. The van der Waals surface area contributed by atoms with Gasteiger partial charge in [-0.1, -0.05) is 19.8 Å². The molecule has 138 valence electrons. The molecular weight excluding hydrogens is 362 g/mol. The van der Waals surface area contributed by atoms with Gasteiger partial charge in [0, 0.05) is 12.6 Å². The third-order valence-electron chi connectivity index (χ3n) is 3.63. The van der Waals surface area contributed by atoms with Gasteiger partial charge in [0.2, 0.25) is 0 Å².